The lowest BCUT2D eigenvalue weighted by Crippen LogP contribution is -2.69. The summed E-state index contributed by atoms with van der Waals surface area (Å²) in [5.74, 6) is 0.0384. The van der Waals surface area contributed by atoms with Crippen molar-refractivity contribution in [2.45, 2.75) is 76.4 Å². The molecule has 0 spiro atoms. The van der Waals surface area contributed by atoms with Gasteiger partial charge in [-0.25, -0.2) is 4.79 Å². The number of esters is 1. The molecule has 1 aliphatic heterocycles. The van der Waals surface area contributed by atoms with Gasteiger partial charge in [0.1, 0.15) is 17.6 Å². The number of methoxy groups -OCH3 is 1. The maximum atomic E-state index is 13.6. The first kappa shape index (κ1) is 33.3. The maximum Gasteiger partial charge on any atom is 0.341 e. The Balaban J connectivity index is 1.51. The van der Waals surface area contributed by atoms with Crippen molar-refractivity contribution in [2.24, 2.45) is 0 Å². The first-order chi connectivity index (χ1) is 22.2. The van der Waals surface area contributed by atoms with Gasteiger partial charge in [0.05, 0.1) is 32.0 Å². The summed E-state index contributed by atoms with van der Waals surface area (Å²) in [5, 5.41) is 1.93. The summed E-state index contributed by atoms with van der Waals surface area (Å²) < 4.78 is 25.4. The Hall–Kier alpha value is -4.04. The van der Waals surface area contributed by atoms with Crippen LogP contribution in [0.4, 0.5) is 0 Å². The summed E-state index contributed by atoms with van der Waals surface area (Å²) >= 11 is 0. The van der Waals surface area contributed by atoms with Crippen molar-refractivity contribution in [3.05, 3.63) is 126 Å². The number of hydrogen-bond acceptors (Lipinski definition) is 6. The highest BCUT2D eigenvalue weighted by molar-refractivity contribution is 7.00. The minimum atomic E-state index is -3.03. The predicted molar refractivity (Wildman–Crippen MR) is 183 cm³/mol. The number of ether oxygens (including phenoxy) is 3. The van der Waals surface area contributed by atoms with E-state index in [1.54, 1.807) is 0 Å². The Morgan fingerprint density at radius 3 is 1.98 bits per heavy atom. The van der Waals surface area contributed by atoms with Crippen LogP contribution < -0.4 is 14.8 Å². The molecule has 4 aromatic carbocycles. The molecule has 1 aliphatic rings. The number of carbonyl (C=O) groups excluding carboxylic acids is 2. The Morgan fingerprint density at radius 2 is 1.41 bits per heavy atom. The normalized spacial score (nSPS) is 18.5. The van der Waals surface area contributed by atoms with Gasteiger partial charge in [-0.3, -0.25) is 0 Å². The lowest BCUT2D eigenvalue weighted by Gasteiger charge is -2.43. The molecule has 3 atom stereocenters. The van der Waals surface area contributed by atoms with E-state index in [2.05, 4.69) is 45.0 Å². The van der Waals surface area contributed by atoms with E-state index in [4.69, 9.17) is 18.6 Å². The fraction of sp³-hybridized carbons (Fsp3) is 0.333. The minimum absolute atomic E-state index is 0.0815. The second-order valence-corrected chi connectivity index (χ2v) is 17.1. The van der Waals surface area contributed by atoms with Crippen molar-refractivity contribution in [3.8, 4) is 5.75 Å². The Labute approximate surface area is 273 Å². The highest BCUT2D eigenvalue weighted by Crippen LogP contribution is 2.39. The lowest BCUT2D eigenvalue weighted by atomic mass is 9.93. The molecule has 1 saturated heterocycles. The van der Waals surface area contributed by atoms with Gasteiger partial charge in [-0.05, 0) is 39.0 Å². The van der Waals surface area contributed by atoms with E-state index in [9.17, 15) is 9.59 Å². The Kier molecular flexibility index (Phi) is 10.9. The molecule has 4 aromatic rings. The summed E-state index contributed by atoms with van der Waals surface area (Å²) in [7, 11) is -1.63. The van der Waals surface area contributed by atoms with Crippen molar-refractivity contribution < 1.29 is 28.2 Å². The number of rotatable bonds is 12. The highest BCUT2D eigenvalue weighted by atomic mass is 28.4. The molecule has 0 N–H and O–H groups in total. The van der Waals surface area contributed by atoms with Crippen molar-refractivity contribution in [3.63, 3.8) is 0 Å². The van der Waals surface area contributed by atoms with Crippen LogP contribution in [0, 0.1) is 0 Å². The average molecular weight is 637 g/mol. The summed E-state index contributed by atoms with van der Waals surface area (Å²) in [6, 6.07) is 36.5. The fourth-order valence-corrected chi connectivity index (χ4v) is 11.0. The highest BCUT2D eigenvalue weighted by Gasteiger charge is 2.52. The van der Waals surface area contributed by atoms with Gasteiger partial charge in [0.15, 0.2) is 0 Å². The molecule has 0 aliphatic carbocycles. The summed E-state index contributed by atoms with van der Waals surface area (Å²) in [6.45, 7) is 7.11. The van der Waals surface area contributed by atoms with E-state index in [1.165, 1.54) is 7.11 Å². The first-order valence-electron chi connectivity index (χ1n) is 16.0. The zero-order valence-corrected chi connectivity index (χ0v) is 28.2. The molecule has 7 heteroatoms. The summed E-state index contributed by atoms with van der Waals surface area (Å²) in [6.07, 6.45) is 2.33. The van der Waals surface area contributed by atoms with Gasteiger partial charge in [0, 0.05) is 19.3 Å². The second-order valence-electron chi connectivity index (χ2n) is 12.9. The predicted octanol–water partition coefficient (Wildman–Crippen LogP) is 6.68. The maximum absolute atomic E-state index is 13.6. The van der Waals surface area contributed by atoms with Crippen LogP contribution >= 0.6 is 0 Å². The van der Waals surface area contributed by atoms with E-state index in [0.717, 1.165) is 27.8 Å². The van der Waals surface area contributed by atoms with Crippen LogP contribution in [0.25, 0.3) is 0 Å². The zero-order valence-electron chi connectivity index (χ0n) is 27.2. The smallest absolute Gasteiger partial charge is 0.341 e. The van der Waals surface area contributed by atoms with Crippen LogP contribution in [0.5, 0.6) is 5.75 Å². The third kappa shape index (κ3) is 7.49. The van der Waals surface area contributed by atoms with Crippen LogP contribution in [0.2, 0.25) is 5.04 Å². The molecule has 0 aromatic heterocycles. The molecular weight excluding hydrogens is 593 g/mol. The van der Waals surface area contributed by atoms with Crippen LogP contribution in [-0.4, -0.2) is 46.0 Å². The third-order valence-corrected chi connectivity index (χ3v) is 13.7. The van der Waals surface area contributed by atoms with Gasteiger partial charge in [-0.1, -0.05) is 124 Å². The molecule has 0 amide bonds. The second kappa shape index (κ2) is 15.0. The first-order valence-corrected chi connectivity index (χ1v) is 17.9. The molecular formula is C39H44O6Si. The Morgan fingerprint density at radius 1 is 0.826 bits per heavy atom. The number of carbonyl (C=O) groups is 2. The quantitative estimate of drug-likeness (QED) is 0.0982. The van der Waals surface area contributed by atoms with Crippen molar-refractivity contribution in [2.75, 3.05) is 7.11 Å². The molecule has 5 rings (SSSR count). The third-order valence-electron chi connectivity index (χ3n) is 8.75. The van der Waals surface area contributed by atoms with E-state index >= 15 is 0 Å². The van der Waals surface area contributed by atoms with Crippen LogP contribution in [0.15, 0.2) is 109 Å². The largest absolute Gasteiger partial charge is 0.533 e. The van der Waals surface area contributed by atoms with Gasteiger partial charge in [0.2, 0.25) is 0 Å². The molecule has 0 radical (unpaired) electrons. The van der Waals surface area contributed by atoms with E-state index < -0.39 is 14.3 Å². The summed E-state index contributed by atoms with van der Waals surface area (Å²) in [5.41, 5.74) is 2.28. The van der Waals surface area contributed by atoms with E-state index in [-0.39, 0.29) is 23.4 Å². The molecule has 0 bridgehead atoms. The monoisotopic (exact) mass is 636 g/mol. The van der Waals surface area contributed by atoms with Gasteiger partial charge < -0.3 is 23.4 Å². The van der Waals surface area contributed by atoms with Crippen molar-refractivity contribution in [1.29, 1.82) is 0 Å². The Bertz CT molecular complexity index is 1530. The van der Waals surface area contributed by atoms with Gasteiger partial charge in [-0.2, -0.15) is 0 Å². The fourth-order valence-electron chi connectivity index (χ4n) is 6.61. The topological polar surface area (TPSA) is 71.1 Å². The van der Waals surface area contributed by atoms with Crippen molar-refractivity contribution in [1.82, 2.24) is 0 Å². The molecule has 6 nitrogen and oxygen atoms in total. The van der Waals surface area contributed by atoms with Gasteiger partial charge in [-0.15, -0.1) is 0 Å². The van der Waals surface area contributed by atoms with Gasteiger partial charge >= 0.3 is 14.3 Å². The number of aldehydes is 1. The van der Waals surface area contributed by atoms with E-state index in [1.807, 2.05) is 84.9 Å². The van der Waals surface area contributed by atoms with Crippen LogP contribution in [0.3, 0.4) is 0 Å². The SMILES string of the molecule is COC(=O)c1c(C[C@H]2C[C@@H](OCc3ccccc3)C[C@H](CC=O)O2)cccc1O[Si](c1ccccc1)(c1ccccc1)C(C)(C)C. The van der Waals surface area contributed by atoms with Crippen LogP contribution in [0.1, 0.15) is 61.5 Å². The van der Waals surface area contributed by atoms with Gasteiger partial charge in [0.25, 0.3) is 0 Å². The lowest BCUT2D eigenvalue weighted by molar-refractivity contribution is -0.129. The number of benzene rings is 4. The molecule has 0 unspecified atom stereocenters. The molecule has 46 heavy (non-hydrogen) atoms. The van der Waals surface area contributed by atoms with Crippen LogP contribution in [-0.2, 0) is 32.0 Å². The standard InChI is InChI=1S/C39H44O6Si/c1-39(2,3)46(34-18-10-6-11-19-34,35-20-12-7-13-21-35)45-36-22-14-17-30(37(36)38(41)42-4)25-33-27-32(26-31(44-33)23-24-40)43-28-29-15-8-5-9-16-29/h5-22,24,31-33H,23,25-28H2,1-4H3/t31-,32-,33-/m0/s1. The molecule has 0 saturated carbocycles. The summed E-state index contributed by atoms with van der Waals surface area (Å²) in [4.78, 5) is 25.1. The van der Waals surface area contributed by atoms with E-state index in [0.29, 0.717) is 43.6 Å². The number of hydrogen-bond donors (Lipinski definition) is 0. The zero-order chi connectivity index (χ0) is 32.6. The average Bonchev–Trinajstić information content (AvgIpc) is 3.07. The molecule has 1 heterocycles. The molecule has 240 valence electrons. The van der Waals surface area contributed by atoms with Crippen molar-refractivity contribution >= 4 is 30.9 Å². The minimum Gasteiger partial charge on any atom is -0.533 e. The molecule has 1 fully saturated rings.